The summed E-state index contributed by atoms with van der Waals surface area (Å²) < 4.78 is 24.7. The number of rotatable bonds is 3. The van der Waals surface area contributed by atoms with Crippen molar-refractivity contribution in [3.05, 3.63) is 20.8 Å². The molecule has 1 rings (SSSR count). The molecule has 76 valence electrons. The molecule has 13 heavy (non-hydrogen) atoms. The first-order chi connectivity index (χ1) is 5.59. The SMILES string of the molecule is Cl.N[C@@H](CC(F)F)c1ccc(Br)s1. The minimum Gasteiger partial charge on any atom is -0.323 e. The third-order valence-electron chi connectivity index (χ3n) is 1.39. The van der Waals surface area contributed by atoms with Crippen LogP contribution in [0, 0.1) is 0 Å². The van der Waals surface area contributed by atoms with Crippen LogP contribution in [0.3, 0.4) is 0 Å². The number of nitrogens with two attached hydrogens (primary N) is 1. The zero-order valence-electron chi connectivity index (χ0n) is 6.54. The summed E-state index contributed by atoms with van der Waals surface area (Å²) >= 11 is 4.64. The first-order valence-electron chi connectivity index (χ1n) is 3.38. The third-order valence-corrected chi connectivity index (χ3v) is 3.15. The molecule has 1 atom stereocenters. The van der Waals surface area contributed by atoms with E-state index in [0.717, 1.165) is 8.66 Å². The third kappa shape index (κ3) is 4.35. The smallest absolute Gasteiger partial charge is 0.240 e. The molecule has 0 radical (unpaired) electrons. The Kier molecular flexibility index (Phi) is 6.04. The van der Waals surface area contributed by atoms with Gasteiger partial charge in [0.1, 0.15) is 0 Å². The molecular weight excluding hydrogens is 284 g/mol. The van der Waals surface area contributed by atoms with E-state index in [1.807, 2.05) is 6.07 Å². The van der Waals surface area contributed by atoms with Crippen LogP contribution in [0.25, 0.3) is 0 Å². The number of thiophene rings is 1. The lowest BCUT2D eigenvalue weighted by molar-refractivity contribution is 0.129. The average Bonchev–Trinajstić information content (AvgIpc) is 2.34. The summed E-state index contributed by atoms with van der Waals surface area (Å²) in [4.78, 5) is 0.794. The topological polar surface area (TPSA) is 26.0 Å². The van der Waals surface area contributed by atoms with Gasteiger partial charge in [0.05, 0.1) is 3.79 Å². The van der Waals surface area contributed by atoms with Gasteiger partial charge < -0.3 is 5.73 Å². The Labute approximate surface area is 93.9 Å². The van der Waals surface area contributed by atoms with E-state index < -0.39 is 12.5 Å². The molecule has 0 amide bonds. The van der Waals surface area contributed by atoms with Gasteiger partial charge in [-0.2, -0.15) is 0 Å². The Morgan fingerprint density at radius 1 is 1.46 bits per heavy atom. The van der Waals surface area contributed by atoms with Crippen molar-refractivity contribution in [3.63, 3.8) is 0 Å². The molecule has 0 saturated carbocycles. The van der Waals surface area contributed by atoms with E-state index in [4.69, 9.17) is 5.73 Å². The highest BCUT2D eigenvalue weighted by molar-refractivity contribution is 9.11. The van der Waals surface area contributed by atoms with Gasteiger partial charge in [-0.1, -0.05) is 0 Å². The largest absolute Gasteiger partial charge is 0.323 e. The molecule has 1 nitrogen and oxygen atoms in total. The van der Waals surface area contributed by atoms with Crippen LogP contribution in [0.2, 0.25) is 0 Å². The number of alkyl halides is 2. The van der Waals surface area contributed by atoms with E-state index in [-0.39, 0.29) is 18.8 Å². The Hall–Kier alpha value is 0.290. The molecule has 1 aromatic rings. The van der Waals surface area contributed by atoms with E-state index in [2.05, 4.69) is 15.9 Å². The number of hydrogen-bond acceptors (Lipinski definition) is 2. The molecule has 1 aromatic heterocycles. The molecule has 0 bridgehead atoms. The highest BCUT2D eigenvalue weighted by Crippen LogP contribution is 2.28. The summed E-state index contributed by atoms with van der Waals surface area (Å²) in [5.41, 5.74) is 5.52. The van der Waals surface area contributed by atoms with E-state index in [0.29, 0.717) is 0 Å². The molecule has 0 aliphatic carbocycles. The van der Waals surface area contributed by atoms with Gasteiger partial charge in [-0.25, -0.2) is 8.78 Å². The predicted octanol–water partition coefficient (Wildman–Crippen LogP) is 3.59. The molecule has 1 heterocycles. The van der Waals surface area contributed by atoms with E-state index in [9.17, 15) is 8.78 Å². The average molecular weight is 293 g/mol. The van der Waals surface area contributed by atoms with Crippen molar-refractivity contribution in [3.8, 4) is 0 Å². The summed E-state index contributed by atoms with van der Waals surface area (Å²) in [6, 6.07) is 3.04. The minimum absolute atomic E-state index is 0. The molecule has 0 spiro atoms. The Morgan fingerprint density at radius 3 is 2.46 bits per heavy atom. The quantitative estimate of drug-likeness (QED) is 0.905. The van der Waals surface area contributed by atoms with Crippen LogP contribution in [0.4, 0.5) is 8.78 Å². The van der Waals surface area contributed by atoms with Crippen LogP contribution in [0.5, 0.6) is 0 Å². The second kappa shape index (κ2) is 5.90. The molecule has 0 saturated heterocycles. The van der Waals surface area contributed by atoms with E-state index in [1.54, 1.807) is 6.07 Å². The van der Waals surface area contributed by atoms with Gasteiger partial charge >= 0.3 is 0 Å². The summed E-state index contributed by atoms with van der Waals surface area (Å²) in [5, 5.41) is 0. The summed E-state index contributed by atoms with van der Waals surface area (Å²) in [6.07, 6.45) is -2.60. The molecule has 0 aliphatic rings. The number of halogens is 4. The number of hydrogen-bond donors (Lipinski definition) is 1. The van der Waals surface area contributed by atoms with Crippen molar-refractivity contribution in [1.82, 2.24) is 0 Å². The molecule has 0 aromatic carbocycles. The van der Waals surface area contributed by atoms with Gasteiger partial charge in [0, 0.05) is 17.3 Å². The first-order valence-corrected chi connectivity index (χ1v) is 4.99. The van der Waals surface area contributed by atoms with Gasteiger partial charge in [0.2, 0.25) is 6.43 Å². The predicted molar refractivity (Wildman–Crippen MR) is 56.8 cm³/mol. The monoisotopic (exact) mass is 291 g/mol. The van der Waals surface area contributed by atoms with Crippen molar-refractivity contribution in [2.75, 3.05) is 0 Å². The van der Waals surface area contributed by atoms with Crippen LogP contribution in [0.1, 0.15) is 17.3 Å². The van der Waals surface area contributed by atoms with Crippen molar-refractivity contribution in [2.45, 2.75) is 18.9 Å². The minimum atomic E-state index is -2.33. The van der Waals surface area contributed by atoms with Gasteiger partial charge in [0.15, 0.2) is 0 Å². The Balaban J connectivity index is 0.00000144. The lowest BCUT2D eigenvalue weighted by atomic mass is 10.2. The van der Waals surface area contributed by atoms with Gasteiger partial charge in [-0.3, -0.25) is 0 Å². The summed E-state index contributed by atoms with van der Waals surface area (Å²) in [5.74, 6) is 0. The molecule has 0 unspecified atom stereocenters. The maximum absolute atomic E-state index is 11.9. The fraction of sp³-hybridized carbons (Fsp3) is 0.429. The zero-order chi connectivity index (χ0) is 9.14. The van der Waals surface area contributed by atoms with Crippen LogP contribution in [-0.2, 0) is 0 Å². The van der Waals surface area contributed by atoms with Crippen molar-refractivity contribution >= 4 is 39.7 Å². The normalized spacial score (nSPS) is 12.7. The maximum atomic E-state index is 11.9. The fourth-order valence-corrected chi connectivity index (χ4v) is 2.27. The lowest BCUT2D eigenvalue weighted by Crippen LogP contribution is -2.12. The van der Waals surface area contributed by atoms with Gasteiger partial charge in [-0.15, -0.1) is 23.7 Å². The highest BCUT2D eigenvalue weighted by atomic mass is 79.9. The molecule has 0 aliphatic heterocycles. The van der Waals surface area contributed by atoms with Crippen molar-refractivity contribution < 1.29 is 8.78 Å². The van der Waals surface area contributed by atoms with Crippen LogP contribution in [0.15, 0.2) is 15.9 Å². The summed E-state index contributed by atoms with van der Waals surface area (Å²) in [6.45, 7) is 0. The lowest BCUT2D eigenvalue weighted by Gasteiger charge is -2.07. The molecule has 6 heteroatoms. The second-order valence-electron chi connectivity index (χ2n) is 2.38. The van der Waals surface area contributed by atoms with E-state index >= 15 is 0 Å². The Morgan fingerprint density at radius 2 is 2.08 bits per heavy atom. The van der Waals surface area contributed by atoms with Crippen LogP contribution >= 0.6 is 39.7 Å². The second-order valence-corrected chi connectivity index (χ2v) is 4.87. The molecular formula is C7H9BrClF2NS. The molecule has 0 fully saturated rings. The Bertz CT molecular complexity index is 256. The van der Waals surface area contributed by atoms with Gasteiger partial charge in [-0.05, 0) is 28.1 Å². The van der Waals surface area contributed by atoms with Crippen molar-refractivity contribution in [1.29, 1.82) is 0 Å². The summed E-state index contributed by atoms with van der Waals surface area (Å²) in [7, 11) is 0. The first kappa shape index (κ1) is 13.3. The van der Waals surface area contributed by atoms with E-state index in [1.165, 1.54) is 11.3 Å². The zero-order valence-corrected chi connectivity index (χ0v) is 9.76. The highest BCUT2D eigenvalue weighted by Gasteiger charge is 2.14. The fourth-order valence-electron chi connectivity index (χ4n) is 0.836. The van der Waals surface area contributed by atoms with Gasteiger partial charge in [0.25, 0.3) is 0 Å². The standard InChI is InChI=1S/C7H8BrF2NS.ClH/c8-6-2-1-5(12-6)4(11)3-7(9)10;/h1-2,4,7H,3,11H2;1H/t4-;/m0./s1. The van der Waals surface area contributed by atoms with Crippen LogP contribution in [-0.4, -0.2) is 6.43 Å². The van der Waals surface area contributed by atoms with Crippen LogP contribution < -0.4 is 5.73 Å². The molecule has 2 N–H and O–H groups in total. The van der Waals surface area contributed by atoms with Crippen molar-refractivity contribution in [2.24, 2.45) is 5.73 Å². The maximum Gasteiger partial charge on any atom is 0.240 e.